The number of carbonyl (C=O) groups is 2. The maximum absolute atomic E-state index is 12.4. The summed E-state index contributed by atoms with van der Waals surface area (Å²) in [7, 11) is 0. The smallest absolute Gasteiger partial charge is 0.262 e. The van der Waals surface area contributed by atoms with Crippen LogP contribution in [-0.2, 0) is 16.0 Å². The predicted molar refractivity (Wildman–Crippen MR) is 115 cm³/mol. The van der Waals surface area contributed by atoms with Gasteiger partial charge in [0, 0.05) is 12.1 Å². The maximum atomic E-state index is 12.4. The molecule has 3 aromatic rings. The lowest BCUT2D eigenvalue weighted by Crippen LogP contribution is -2.21. The van der Waals surface area contributed by atoms with Crippen LogP contribution in [0.4, 0.5) is 11.4 Å². The first-order valence-corrected chi connectivity index (χ1v) is 9.76. The summed E-state index contributed by atoms with van der Waals surface area (Å²) in [5.74, 6) is 1.57. The van der Waals surface area contributed by atoms with E-state index in [0.717, 1.165) is 16.8 Å². The number of ether oxygens (including phenoxy) is 2. The van der Waals surface area contributed by atoms with E-state index in [1.54, 1.807) is 24.3 Å². The van der Waals surface area contributed by atoms with Crippen LogP contribution in [0.15, 0.2) is 66.7 Å². The molecule has 6 nitrogen and oxygen atoms in total. The van der Waals surface area contributed by atoms with Gasteiger partial charge >= 0.3 is 0 Å². The van der Waals surface area contributed by atoms with Crippen molar-refractivity contribution >= 4 is 23.2 Å². The zero-order valence-corrected chi connectivity index (χ0v) is 16.6. The predicted octanol–water partition coefficient (Wildman–Crippen LogP) is 4.69. The van der Waals surface area contributed by atoms with Crippen LogP contribution in [0.2, 0.25) is 0 Å². The number of anilines is 2. The molecule has 0 spiro atoms. The Bertz CT molecular complexity index is 1090. The molecule has 4 rings (SSSR count). The van der Waals surface area contributed by atoms with Gasteiger partial charge in [-0.05, 0) is 66.9 Å². The van der Waals surface area contributed by atoms with E-state index in [1.807, 2.05) is 49.4 Å². The Balaban J connectivity index is 1.38. The number of para-hydroxylation sites is 2. The summed E-state index contributed by atoms with van der Waals surface area (Å²) < 4.78 is 11.6. The largest absolute Gasteiger partial charge is 0.484 e. The highest BCUT2D eigenvalue weighted by Crippen LogP contribution is 2.30. The minimum Gasteiger partial charge on any atom is -0.484 e. The van der Waals surface area contributed by atoms with Crippen molar-refractivity contribution < 1.29 is 19.1 Å². The molecule has 30 heavy (non-hydrogen) atoms. The van der Waals surface area contributed by atoms with Crippen LogP contribution in [0.5, 0.6) is 17.2 Å². The average molecular weight is 402 g/mol. The molecule has 0 radical (unpaired) electrons. The number of fused-ring (bicyclic) bond motifs is 1. The second-order valence-corrected chi connectivity index (χ2v) is 7.12. The second kappa shape index (κ2) is 8.69. The molecule has 6 heteroatoms. The highest BCUT2D eigenvalue weighted by Gasteiger charge is 2.15. The maximum Gasteiger partial charge on any atom is 0.262 e. The summed E-state index contributed by atoms with van der Waals surface area (Å²) in [6.07, 6.45) is 1.11. The lowest BCUT2D eigenvalue weighted by molar-refractivity contribution is -0.118. The van der Waals surface area contributed by atoms with E-state index in [4.69, 9.17) is 9.47 Å². The second-order valence-electron chi connectivity index (χ2n) is 7.12. The fourth-order valence-corrected chi connectivity index (χ4v) is 3.25. The molecular weight excluding hydrogens is 380 g/mol. The van der Waals surface area contributed by atoms with Gasteiger partial charge < -0.3 is 20.1 Å². The Morgan fingerprint density at radius 1 is 1.00 bits per heavy atom. The van der Waals surface area contributed by atoms with Crippen molar-refractivity contribution in [2.24, 2.45) is 0 Å². The van der Waals surface area contributed by atoms with Crippen molar-refractivity contribution in [3.63, 3.8) is 0 Å². The number of hydrogen-bond acceptors (Lipinski definition) is 4. The molecule has 0 bridgehead atoms. The number of rotatable bonds is 6. The third-order valence-electron chi connectivity index (χ3n) is 4.72. The lowest BCUT2D eigenvalue weighted by Gasteiger charge is -2.17. The minimum absolute atomic E-state index is 0.0158. The van der Waals surface area contributed by atoms with Crippen LogP contribution in [0.1, 0.15) is 17.5 Å². The number of carbonyl (C=O) groups excluding carboxylic acids is 2. The molecule has 2 amide bonds. The van der Waals surface area contributed by atoms with Gasteiger partial charge in [-0.1, -0.05) is 24.3 Å². The SMILES string of the molecule is Cc1cccc(Oc2ccccc2NC(=O)COc2ccc3c(c2)CCC(=O)N3)c1. The third-order valence-corrected chi connectivity index (χ3v) is 4.72. The molecule has 1 aliphatic rings. The monoisotopic (exact) mass is 402 g/mol. The van der Waals surface area contributed by atoms with Gasteiger partial charge in [0.25, 0.3) is 5.91 Å². The van der Waals surface area contributed by atoms with Gasteiger partial charge in [0.15, 0.2) is 12.4 Å². The van der Waals surface area contributed by atoms with Crippen LogP contribution < -0.4 is 20.1 Å². The molecule has 1 aliphatic heterocycles. The standard InChI is InChI=1S/C24H22N2O4/c1-16-5-4-6-19(13-16)30-22-8-3-2-7-21(22)26-24(28)15-29-18-10-11-20-17(14-18)9-12-23(27)25-20/h2-8,10-11,13-14H,9,12,15H2,1H3,(H,25,27)(H,26,28). The summed E-state index contributed by atoms with van der Waals surface area (Å²) in [6, 6.07) is 20.4. The number of benzene rings is 3. The van der Waals surface area contributed by atoms with Crippen LogP contribution in [0.25, 0.3) is 0 Å². The van der Waals surface area contributed by atoms with E-state index in [-0.39, 0.29) is 18.4 Å². The molecular formula is C24H22N2O4. The summed E-state index contributed by atoms with van der Waals surface area (Å²) in [4.78, 5) is 23.9. The Morgan fingerprint density at radius 2 is 1.87 bits per heavy atom. The molecule has 0 fully saturated rings. The Morgan fingerprint density at radius 3 is 2.73 bits per heavy atom. The van der Waals surface area contributed by atoms with Crippen LogP contribution >= 0.6 is 0 Å². The normalized spacial score (nSPS) is 12.5. The quantitative estimate of drug-likeness (QED) is 0.627. The van der Waals surface area contributed by atoms with Gasteiger partial charge in [-0.25, -0.2) is 0 Å². The number of amides is 2. The Labute approximate surface area is 174 Å². The topological polar surface area (TPSA) is 76.7 Å². The number of aryl methyl sites for hydroxylation is 2. The highest BCUT2D eigenvalue weighted by molar-refractivity contribution is 5.94. The van der Waals surface area contributed by atoms with Crippen molar-refractivity contribution in [2.75, 3.05) is 17.2 Å². The fourth-order valence-electron chi connectivity index (χ4n) is 3.25. The number of hydrogen-bond donors (Lipinski definition) is 2. The summed E-state index contributed by atoms with van der Waals surface area (Å²) >= 11 is 0. The van der Waals surface area contributed by atoms with E-state index in [0.29, 0.717) is 35.8 Å². The third kappa shape index (κ3) is 4.78. The van der Waals surface area contributed by atoms with Crippen molar-refractivity contribution in [3.05, 3.63) is 77.9 Å². The molecule has 0 saturated heterocycles. The van der Waals surface area contributed by atoms with Crippen LogP contribution in [-0.4, -0.2) is 18.4 Å². The van der Waals surface area contributed by atoms with Crippen molar-refractivity contribution in [1.82, 2.24) is 0 Å². The zero-order valence-electron chi connectivity index (χ0n) is 16.6. The van der Waals surface area contributed by atoms with E-state index in [9.17, 15) is 9.59 Å². The van der Waals surface area contributed by atoms with Crippen LogP contribution in [0.3, 0.4) is 0 Å². The molecule has 0 aromatic heterocycles. The molecule has 0 saturated carbocycles. The first-order valence-electron chi connectivity index (χ1n) is 9.76. The summed E-state index contributed by atoms with van der Waals surface area (Å²) in [5.41, 5.74) is 3.46. The highest BCUT2D eigenvalue weighted by atomic mass is 16.5. The fraction of sp³-hybridized carbons (Fsp3) is 0.167. The first kappa shape index (κ1) is 19.5. The molecule has 0 aliphatic carbocycles. The van der Waals surface area contributed by atoms with E-state index in [1.165, 1.54) is 0 Å². The Hall–Kier alpha value is -3.80. The van der Waals surface area contributed by atoms with Crippen molar-refractivity contribution in [2.45, 2.75) is 19.8 Å². The first-order chi connectivity index (χ1) is 14.6. The lowest BCUT2D eigenvalue weighted by atomic mass is 10.0. The van der Waals surface area contributed by atoms with Crippen molar-refractivity contribution in [1.29, 1.82) is 0 Å². The van der Waals surface area contributed by atoms with Crippen molar-refractivity contribution in [3.8, 4) is 17.2 Å². The zero-order chi connectivity index (χ0) is 20.9. The number of nitrogens with one attached hydrogen (secondary N) is 2. The molecule has 0 atom stereocenters. The van der Waals surface area contributed by atoms with Gasteiger partial charge in [-0.2, -0.15) is 0 Å². The minimum atomic E-state index is -0.290. The summed E-state index contributed by atoms with van der Waals surface area (Å²) in [5, 5.41) is 5.66. The van der Waals surface area contributed by atoms with Gasteiger partial charge in [-0.15, -0.1) is 0 Å². The van der Waals surface area contributed by atoms with Gasteiger partial charge in [0.2, 0.25) is 5.91 Å². The summed E-state index contributed by atoms with van der Waals surface area (Å²) in [6.45, 7) is 1.86. The van der Waals surface area contributed by atoms with Gasteiger partial charge in [0.05, 0.1) is 5.69 Å². The molecule has 1 heterocycles. The molecule has 3 aromatic carbocycles. The van der Waals surface area contributed by atoms with Crippen LogP contribution in [0, 0.1) is 6.92 Å². The molecule has 0 unspecified atom stereocenters. The van der Waals surface area contributed by atoms with E-state index in [2.05, 4.69) is 10.6 Å². The van der Waals surface area contributed by atoms with E-state index >= 15 is 0 Å². The van der Waals surface area contributed by atoms with Gasteiger partial charge in [0.1, 0.15) is 11.5 Å². The van der Waals surface area contributed by atoms with Gasteiger partial charge in [-0.3, -0.25) is 9.59 Å². The molecule has 2 N–H and O–H groups in total. The van der Waals surface area contributed by atoms with E-state index < -0.39 is 0 Å². The average Bonchev–Trinajstić information content (AvgIpc) is 2.74. The Kier molecular flexibility index (Phi) is 5.66. The molecule has 152 valence electrons.